The molecule has 120 valence electrons. The number of carbonyl (C=O) groups excluding carboxylic acids is 1. The van der Waals surface area contributed by atoms with Gasteiger partial charge in [0.05, 0.1) is 0 Å². The number of anilines is 3. The number of benzene rings is 1. The van der Waals surface area contributed by atoms with Gasteiger partial charge in [-0.2, -0.15) is 4.39 Å². The van der Waals surface area contributed by atoms with E-state index >= 15 is 0 Å². The van der Waals surface area contributed by atoms with Gasteiger partial charge in [0.15, 0.2) is 0 Å². The third-order valence-corrected chi connectivity index (χ3v) is 4.04. The molecule has 7 heteroatoms. The molecule has 2 aromatic rings. The molecule has 1 aromatic heterocycles. The van der Waals surface area contributed by atoms with Gasteiger partial charge in [-0.25, -0.2) is 9.97 Å². The Morgan fingerprint density at radius 1 is 1.22 bits per heavy atom. The predicted octanol–water partition coefficient (Wildman–Crippen LogP) is 2.06. The Bertz CT molecular complexity index is 683. The minimum Gasteiger partial charge on any atom is -0.371 e. The third-order valence-electron chi connectivity index (χ3n) is 4.04. The Kier molecular flexibility index (Phi) is 4.36. The van der Waals surface area contributed by atoms with Gasteiger partial charge in [-0.3, -0.25) is 4.79 Å². The maximum Gasteiger partial charge on any atom is 0.220 e. The van der Waals surface area contributed by atoms with Gasteiger partial charge in [0, 0.05) is 36.4 Å². The second-order valence-electron chi connectivity index (χ2n) is 5.56. The molecule has 1 aromatic carbocycles. The molecule has 0 bridgehead atoms. The number of nitrogens with two attached hydrogens (primary N) is 1. The van der Waals surface area contributed by atoms with E-state index in [4.69, 9.17) is 5.73 Å². The zero-order valence-corrected chi connectivity index (χ0v) is 12.6. The highest BCUT2D eigenvalue weighted by Crippen LogP contribution is 2.25. The number of aromatic nitrogens is 2. The van der Waals surface area contributed by atoms with E-state index in [1.807, 2.05) is 24.3 Å². The molecule has 6 nitrogen and oxygen atoms in total. The molecular weight excluding hydrogens is 297 g/mol. The molecule has 1 saturated heterocycles. The monoisotopic (exact) mass is 315 g/mol. The Morgan fingerprint density at radius 2 is 1.91 bits per heavy atom. The first-order valence-electron chi connectivity index (χ1n) is 7.51. The van der Waals surface area contributed by atoms with E-state index in [9.17, 15) is 9.18 Å². The van der Waals surface area contributed by atoms with Crippen molar-refractivity contribution in [3.63, 3.8) is 0 Å². The lowest BCUT2D eigenvalue weighted by Gasteiger charge is -2.32. The number of nitrogens with zero attached hydrogens (tertiary/aromatic N) is 3. The van der Waals surface area contributed by atoms with Gasteiger partial charge in [-0.1, -0.05) is 0 Å². The summed E-state index contributed by atoms with van der Waals surface area (Å²) in [4.78, 5) is 20.8. The van der Waals surface area contributed by atoms with Crippen LogP contribution in [-0.2, 0) is 4.79 Å². The molecule has 23 heavy (non-hydrogen) atoms. The summed E-state index contributed by atoms with van der Waals surface area (Å²) in [5.74, 6) is -0.384. The summed E-state index contributed by atoms with van der Waals surface area (Å²) in [7, 11) is 0. The first kappa shape index (κ1) is 15.2. The van der Waals surface area contributed by atoms with Crippen molar-refractivity contribution >= 4 is 23.1 Å². The van der Waals surface area contributed by atoms with Gasteiger partial charge in [-0.15, -0.1) is 0 Å². The van der Waals surface area contributed by atoms with Gasteiger partial charge < -0.3 is 16.0 Å². The second kappa shape index (κ2) is 6.60. The average Bonchev–Trinajstić information content (AvgIpc) is 2.56. The highest BCUT2D eigenvalue weighted by molar-refractivity contribution is 5.77. The number of hydrogen-bond acceptors (Lipinski definition) is 5. The lowest BCUT2D eigenvalue weighted by molar-refractivity contribution is -0.122. The normalized spacial score (nSPS) is 15.4. The molecule has 0 aliphatic carbocycles. The molecule has 0 saturated carbocycles. The van der Waals surface area contributed by atoms with Crippen LogP contribution in [0.5, 0.6) is 0 Å². The van der Waals surface area contributed by atoms with Crippen LogP contribution in [0.2, 0.25) is 0 Å². The standard InChI is InChI=1S/C16H18FN5O/c17-14-9-15(20-10-19-14)21-12-1-3-13(4-2-12)22-7-5-11(6-8-22)16(18)23/h1-4,9-11H,5-8H2,(H2,18,23)(H,19,20,21). The highest BCUT2D eigenvalue weighted by atomic mass is 19.1. The van der Waals surface area contributed by atoms with Crippen LogP contribution >= 0.6 is 0 Å². The molecule has 1 amide bonds. The van der Waals surface area contributed by atoms with Gasteiger partial charge in [-0.05, 0) is 37.1 Å². The fraction of sp³-hybridized carbons (Fsp3) is 0.312. The second-order valence-corrected chi connectivity index (χ2v) is 5.56. The first-order valence-corrected chi connectivity index (χ1v) is 7.51. The van der Waals surface area contributed by atoms with Crippen molar-refractivity contribution in [1.82, 2.24) is 9.97 Å². The van der Waals surface area contributed by atoms with Crippen molar-refractivity contribution in [1.29, 1.82) is 0 Å². The molecule has 3 rings (SSSR count). The number of halogens is 1. The van der Waals surface area contributed by atoms with Crippen molar-refractivity contribution in [2.24, 2.45) is 11.7 Å². The van der Waals surface area contributed by atoms with Crippen LogP contribution in [0, 0.1) is 11.9 Å². The summed E-state index contributed by atoms with van der Waals surface area (Å²) < 4.78 is 13.0. The predicted molar refractivity (Wildman–Crippen MR) is 85.8 cm³/mol. The number of hydrogen-bond donors (Lipinski definition) is 2. The number of piperidine rings is 1. The summed E-state index contributed by atoms with van der Waals surface area (Å²) in [6, 6.07) is 9.04. The van der Waals surface area contributed by atoms with E-state index in [0.29, 0.717) is 5.82 Å². The summed E-state index contributed by atoms with van der Waals surface area (Å²) in [6.45, 7) is 1.63. The summed E-state index contributed by atoms with van der Waals surface area (Å²) in [6.07, 6.45) is 2.75. The Hall–Kier alpha value is -2.70. The zero-order valence-electron chi connectivity index (χ0n) is 12.6. The van der Waals surface area contributed by atoms with Crippen molar-refractivity contribution in [2.45, 2.75) is 12.8 Å². The number of amides is 1. The van der Waals surface area contributed by atoms with E-state index in [1.165, 1.54) is 12.4 Å². The maximum absolute atomic E-state index is 13.0. The van der Waals surface area contributed by atoms with Crippen LogP contribution in [0.1, 0.15) is 12.8 Å². The zero-order chi connectivity index (χ0) is 16.2. The van der Waals surface area contributed by atoms with Crippen LogP contribution in [0.4, 0.5) is 21.6 Å². The van der Waals surface area contributed by atoms with Gasteiger partial charge in [0.25, 0.3) is 0 Å². The summed E-state index contributed by atoms with van der Waals surface area (Å²) >= 11 is 0. The van der Waals surface area contributed by atoms with E-state index in [-0.39, 0.29) is 11.8 Å². The Balaban J connectivity index is 1.62. The molecular formula is C16H18FN5O. The fourth-order valence-corrected chi connectivity index (χ4v) is 2.73. The SMILES string of the molecule is NC(=O)C1CCN(c2ccc(Nc3cc(F)ncn3)cc2)CC1. The molecule has 0 radical (unpaired) electrons. The number of nitrogens with one attached hydrogen (secondary N) is 1. The van der Waals surface area contributed by atoms with Gasteiger partial charge in [0.1, 0.15) is 12.1 Å². The van der Waals surface area contributed by atoms with Crippen molar-refractivity contribution in [2.75, 3.05) is 23.3 Å². The van der Waals surface area contributed by atoms with E-state index in [1.54, 1.807) is 0 Å². The van der Waals surface area contributed by atoms with Crippen LogP contribution in [-0.4, -0.2) is 29.0 Å². The number of primary amides is 1. The van der Waals surface area contributed by atoms with Gasteiger partial charge in [0.2, 0.25) is 11.9 Å². The maximum atomic E-state index is 13.0. The number of carbonyl (C=O) groups is 1. The summed E-state index contributed by atoms with van der Waals surface area (Å²) in [5.41, 5.74) is 7.26. The first-order chi connectivity index (χ1) is 11.1. The van der Waals surface area contributed by atoms with Gasteiger partial charge >= 0.3 is 0 Å². The van der Waals surface area contributed by atoms with Crippen LogP contribution in [0.3, 0.4) is 0 Å². The number of rotatable bonds is 4. The third kappa shape index (κ3) is 3.74. The molecule has 1 aliphatic rings. The van der Waals surface area contributed by atoms with E-state index in [2.05, 4.69) is 20.2 Å². The van der Waals surface area contributed by atoms with Crippen molar-refractivity contribution in [3.05, 3.63) is 42.6 Å². The molecule has 0 unspecified atom stereocenters. The molecule has 3 N–H and O–H groups in total. The lowest BCUT2D eigenvalue weighted by atomic mass is 9.96. The Morgan fingerprint density at radius 3 is 2.52 bits per heavy atom. The largest absolute Gasteiger partial charge is 0.371 e. The van der Waals surface area contributed by atoms with Crippen molar-refractivity contribution in [3.8, 4) is 0 Å². The lowest BCUT2D eigenvalue weighted by Crippen LogP contribution is -2.38. The topological polar surface area (TPSA) is 84.1 Å². The van der Waals surface area contributed by atoms with E-state index in [0.717, 1.165) is 37.3 Å². The minimum atomic E-state index is -0.573. The quantitative estimate of drug-likeness (QED) is 0.844. The fourth-order valence-electron chi connectivity index (χ4n) is 2.73. The molecule has 0 spiro atoms. The average molecular weight is 315 g/mol. The van der Waals surface area contributed by atoms with Crippen LogP contribution in [0.15, 0.2) is 36.7 Å². The molecule has 1 aliphatic heterocycles. The smallest absolute Gasteiger partial charge is 0.220 e. The van der Waals surface area contributed by atoms with Crippen LogP contribution < -0.4 is 16.0 Å². The summed E-state index contributed by atoms with van der Waals surface area (Å²) in [5, 5.41) is 3.03. The Labute approximate surface area is 133 Å². The van der Waals surface area contributed by atoms with Crippen LogP contribution in [0.25, 0.3) is 0 Å². The highest BCUT2D eigenvalue weighted by Gasteiger charge is 2.23. The molecule has 0 atom stereocenters. The minimum absolute atomic E-state index is 0.0140. The molecule has 1 fully saturated rings. The van der Waals surface area contributed by atoms with Crippen molar-refractivity contribution < 1.29 is 9.18 Å². The van der Waals surface area contributed by atoms with E-state index < -0.39 is 5.95 Å². The molecule has 2 heterocycles.